The van der Waals surface area contributed by atoms with Gasteiger partial charge < -0.3 is 15.3 Å². The molecule has 0 heterocycles. The number of carboxylic acid groups (broad SMARTS) is 3. The van der Waals surface area contributed by atoms with Crippen LogP contribution in [0.1, 0.15) is 78.8 Å². The van der Waals surface area contributed by atoms with Gasteiger partial charge in [-0.25, -0.2) is 14.4 Å². The summed E-state index contributed by atoms with van der Waals surface area (Å²) in [4.78, 5) is 69.3. The Kier molecular flexibility index (Phi) is 15.6. The van der Waals surface area contributed by atoms with E-state index in [0.29, 0.717) is 16.7 Å². The van der Waals surface area contributed by atoms with Crippen molar-refractivity contribution in [2.75, 3.05) is 0 Å². The second-order valence-corrected chi connectivity index (χ2v) is 10.6. The fourth-order valence-electron chi connectivity index (χ4n) is 4.84. The van der Waals surface area contributed by atoms with Crippen molar-refractivity contribution >= 4 is 35.3 Å². The van der Waals surface area contributed by atoms with Crippen LogP contribution in [-0.4, -0.2) is 50.6 Å². The topological polar surface area (TPSA) is 163 Å². The molecule has 3 N–H and O–H groups in total. The average Bonchev–Trinajstić information content (AvgIpc) is 3.18. The van der Waals surface area contributed by atoms with Crippen LogP contribution in [0.5, 0.6) is 0 Å². The first-order chi connectivity index (χ1) is 24.6. The minimum absolute atomic E-state index is 0. The molecule has 1 radical (unpaired) electrons. The third-order valence-electron chi connectivity index (χ3n) is 7.31. The Balaban J connectivity index is 0.000000208. The van der Waals surface area contributed by atoms with E-state index in [-0.39, 0.29) is 89.3 Å². The van der Waals surface area contributed by atoms with E-state index in [0.717, 1.165) is 0 Å². The van der Waals surface area contributed by atoms with Gasteiger partial charge in [0.2, 0.25) is 0 Å². The third-order valence-corrected chi connectivity index (χ3v) is 7.31. The van der Waals surface area contributed by atoms with Crippen LogP contribution in [0, 0.1) is 38.6 Å². The van der Waals surface area contributed by atoms with E-state index < -0.39 is 17.9 Å². The molecule has 0 aliphatic heterocycles. The standard InChI is InChI=1S/3C14H10O3.Tb/c3*15-13(10-6-2-1-3-7-10)11-8-4-5-9-12(11)14(16)17;/h3*1-9H,(H,16,17);. The minimum Gasteiger partial charge on any atom is -0.478 e. The molecule has 0 amide bonds. The maximum atomic E-state index is 12.1. The summed E-state index contributed by atoms with van der Waals surface area (Å²) < 4.78 is 0. The number of aromatic carboxylic acids is 3. The average molecular weight is 838 g/mol. The summed E-state index contributed by atoms with van der Waals surface area (Å²) in [5.74, 6) is -4.10. The van der Waals surface area contributed by atoms with E-state index in [1.807, 2.05) is 0 Å². The van der Waals surface area contributed by atoms with Gasteiger partial charge in [0.25, 0.3) is 0 Å². The van der Waals surface area contributed by atoms with Gasteiger partial charge >= 0.3 is 17.9 Å². The molecular formula is C42H30O9Tb. The van der Waals surface area contributed by atoms with Gasteiger partial charge in [-0.3, -0.25) is 14.4 Å². The first kappa shape index (κ1) is 40.5. The van der Waals surface area contributed by atoms with Crippen LogP contribution in [0.4, 0.5) is 0 Å². The molecule has 0 aliphatic rings. The summed E-state index contributed by atoms with van der Waals surface area (Å²) in [5, 5.41) is 27.0. The molecule has 0 fully saturated rings. The van der Waals surface area contributed by atoms with E-state index in [2.05, 4.69) is 0 Å². The molecule has 6 aromatic carbocycles. The first-order valence-electron chi connectivity index (χ1n) is 15.4. The van der Waals surface area contributed by atoms with Crippen LogP contribution in [0.15, 0.2) is 164 Å². The molecular weight excluding hydrogens is 807 g/mol. The van der Waals surface area contributed by atoms with Crippen LogP contribution in [0.3, 0.4) is 0 Å². The number of carboxylic acids is 3. The molecule has 52 heavy (non-hydrogen) atoms. The second kappa shape index (κ2) is 20.0. The van der Waals surface area contributed by atoms with Gasteiger partial charge in [-0.2, -0.15) is 0 Å². The van der Waals surface area contributed by atoms with E-state index in [9.17, 15) is 28.8 Å². The van der Waals surface area contributed by atoms with Crippen molar-refractivity contribution in [1.29, 1.82) is 0 Å². The van der Waals surface area contributed by atoms with Crippen molar-refractivity contribution < 1.29 is 82.7 Å². The maximum absolute atomic E-state index is 12.1. The van der Waals surface area contributed by atoms with Crippen molar-refractivity contribution in [2.45, 2.75) is 0 Å². The third kappa shape index (κ3) is 10.8. The molecule has 9 nitrogen and oxygen atoms in total. The largest absolute Gasteiger partial charge is 0.478 e. The van der Waals surface area contributed by atoms with Gasteiger partial charge in [0.05, 0.1) is 16.7 Å². The molecule has 6 rings (SSSR count). The van der Waals surface area contributed by atoms with Gasteiger partial charge in [0.1, 0.15) is 0 Å². The Morgan fingerprint density at radius 1 is 0.269 bits per heavy atom. The van der Waals surface area contributed by atoms with Crippen LogP contribution in [-0.2, 0) is 0 Å². The molecule has 0 aromatic heterocycles. The zero-order valence-electron chi connectivity index (χ0n) is 27.2. The Morgan fingerprint density at radius 2 is 0.442 bits per heavy atom. The van der Waals surface area contributed by atoms with Gasteiger partial charge in [0.15, 0.2) is 17.3 Å². The molecule has 0 saturated heterocycles. The second-order valence-electron chi connectivity index (χ2n) is 10.6. The fourth-order valence-corrected chi connectivity index (χ4v) is 4.84. The predicted octanol–water partition coefficient (Wildman–Crippen LogP) is 7.85. The number of carbonyl (C=O) groups is 6. The first-order valence-corrected chi connectivity index (χ1v) is 15.4. The van der Waals surface area contributed by atoms with Gasteiger partial charge in [0, 0.05) is 72.0 Å². The molecule has 6 aromatic rings. The van der Waals surface area contributed by atoms with Gasteiger partial charge in [-0.1, -0.05) is 146 Å². The SMILES string of the molecule is O=C(O)c1ccccc1C(=O)c1ccccc1.O=C(O)c1ccccc1C(=O)c1ccccc1.O=C(O)c1ccccc1C(=O)c1ccccc1.[Tb]. The number of hydrogen-bond acceptors (Lipinski definition) is 6. The number of ketones is 3. The number of benzene rings is 6. The Morgan fingerprint density at radius 3 is 0.635 bits per heavy atom. The van der Waals surface area contributed by atoms with E-state index >= 15 is 0 Å². The van der Waals surface area contributed by atoms with Crippen LogP contribution >= 0.6 is 0 Å². The molecule has 10 heteroatoms. The van der Waals surface area contributed by atoms with E-state index in [4.69, 9.17) is 15.3 Å². The molecule has 0 unspecified atom stereocenters. The van der Waals surface area contributed by atoms with Crippen molar-refractivity contribution in [2.24, 2.45) is 0 Å². The predicted molar refractivity (Wildman–Crippen MR) is 190 cm³/mol. The number of hydrogen-bond donors (Lipinski definition) is 3. The number of carbonyl (C=O) groups excluding carboxylic acids is 3. The summed E-state index contributed by atoms with van der Waals surface area (Å²) in [6, 6.07) is 44.5. The smallest absolute Gasteiger partial charge is 0.336 e. The van der Waals surface area contributed by atoms with Crippen molar-refractivity contribution in [3.05, 3.63) is 214 Å². The van der Waals surface area contributed by atoms with E-state index in [1.165, 1.54) is 36.4 Å². The van der Waals surface area contributed by atoms with Crippen molar-refractivity contribution in [3.8, 4) is 0 Å². The molecule has 0 atom stereocenters. The minimum atomic E-state index is -1.09. The molecule has 0 saturated carbocycles. The monoisotopic (exact) mass is 837 g/mol. The zero-order valence-corrected chi connectivity index (χ0v) is 29.4. The summed E-state index contributed by atoms with van der Waals surface area (Å²) >= 11 is 0. The zero-order chi connectivity index (χ0) is 36.8. The molecule has 261 valence electrons. The summed E-state index contributed by atoms with van der Waals surface area (Å²) in [6.45, 7) is 0. The molecule has 0 spiro atoms. The normalized spacial score (nSPS) is 9.69. The molecule has 0 bridgehead atoms. The van der Waals surface area contributed by atoms with Crippen molar-refractivity contribution in [1.82, 2.24) is 0 Å². The van der Waals surface area contributed by atoms with Crippen LogP contribution < -0.4 is 0 Å². The summed E-state index contributed by atoms with van der Waals surface area (Å²) in [7, 11) is 0. The Hall–Kier alpha value is -5.97. The van der Waals surface area contributed by atoms with Crippen LogP contribution in [0.2, 0.25) is 0 Å². The molecule has 0 aliphatic carbocycles. The Bertz CT molecular complexity index is 1930. The Labute approximate surface area is 329 Å². The maximum Gasteiger partial charge on any atom is 0.336 e. The van der Waals surface area contributed by atoms with Gasteiger partial charge in [-0.05, 0) is 18.2 Å². The van der Waals surface area contributed by atoms with Gasteiger partial charge in [-0.15, -0.1) is 0 Å². The summed E-state index contributed by atoms with van der Waals surface area (Å²) in [5.41, 5.74) is 2.19. The quantitative estimate of drug-likeness (QED) is 0.123. The fraction of sp³-hybridized carbons (Fsp3) is 0. The summed E-state index contributed by atoms with van der Waals surface area (Å²) in [6.07, 6.45) is 0. The van der Waals surface area contributed by atoms with Crippen molar-refractivity contribution in [3.63, 3.8) is 0 Å². The van der Waals surface area contributed by atoms with Crippen LogP contribution in [0.25, 0.3) is 0 Å². The van der Waals surface area contributed by atoms with E-state index in [1.54, 1.807) is 127 Å². The number of rotatable bonds is 9.